The Hall–Kier alpha value is -1.06. The molecule has 0 aliphatic heterocycles. The molecule has 1 aliphatic carbocycles. The molecule has 1 amide bonds. The fraction of sp³-hybridized carbons (Fsp3) is 0.857. The molecule has 2 atom stereocenters. The molecule has 0 aromatic carbocycles. The van der Waals surface area contributed by atoms with Crippen molar-refractivity contribution in [2.24, 2.45) is 11.8 Å². The van der Waals surface area contributed by atoms with Crippen LogP contribution in [0, 0.1) is 11.8 Å². The number of carbonyl (C=O) groups is 2. The Kier molecular flexibility index (Phi) is 5.17. The minimum absolute atomic E-state index is 0.117. The van der Waals surface area contributed by atoms with E-state index in [1.54, 1.807) is 0 Å². The summed E-state index contributed by atoms with van der Waals surface area (Å²) in [5.74, 6) is -0.854. The number of carboxylic acids is 1. The van der Waals surface area contributed by atoms with Gasteiger partial charge in [0.2, 0.25) is 5.91 Å². The Morgan fingerprint density at radius 3 is 2.22 bits per heavy atom. The van der Waals surface area contributed by atoms with Crippen molar-refractivity contribution in [3.05, 3.63) is 0 Å². The van der Waals surface area contributed by atoms with Crippen LogP contribution >= 0.6 is 0 Å². The molecule has 0 spiro atoms. The van der Waals surface area contributed by atoms with Crippen molar-refractivity contribution < 1.29 is 14.7 Å². The van der Waals surface area contributed by atoms with Gasteiger partial charge in [-0.05, 0) is 18.8 Å². The zero-order valence-corrected chi connectivity index (χ0v) is 11.7. The second-order valence-electron chi connectivity index (χ2n) is 5.61. The third-order valence-electron chi connectivity index (χ3n) is 4.39. The van der Waals surface area contributed by atoms with Gasteiger partial charge >= 0.3 is 5.97 Å². The minimum Gasteiger partial charge on any atom is -0.480 e. The summed E-state index contributed by atoms with van der Waals surface area (Å²) >= 11 is 0. The van der Waals surface area contributed by atoms with Gasteiger partial charge in [-0.25, -0.2) is 4.79 Å². The van der Waals surface area contributed by atoms with E-state index in [0.717, 1.165) is 25.7 Å². The molecule has 4 heteroatoms. The Balaban J connectivity index is 2.72. The molecule has 2 N–H and O–H groups in total. The lowest BCUT2D eigenvalue weighted by Gasteiger charge is -2.35. The quantitative estimate of drug-likeness (QED) is 0.793. The largest absolute Gasteiger partial charge is 0.480 e. The molecule has 0 aromatic rings. The summed E-state index contributed by atoms with van der Waals surface area (Å²) in [6.45, 7) is 5.95. The highest BCUT2D eigenvalue weighted by Gasteiger charge is 2.41. The van der Waals surface area contributed by atoms with Crippen LogP contribution in [0.5, 0.6) is 0 Å². The molecule has 104 valence electrons. The second kappa shape index (κ2) is 6.21. The normalized spacial score (nSPS) is 21.9. The van der Waals surface area contributed by atoms with E-state index in [4.69, 9.17) is 0 Å². The van der Waals surface area contributed by atoms with Crippen LogP contribution < -0.4 is 5.32 Å². The van der Waals surface area contributed by atoms with Crippen molar-refractivity contribution in [1.82, 2.24) is 5.32 Å². The van der Waals surface area contributed by atoms with Gasteiger partial charge in [0.1, 0.15) is 5.54 Å². The summed E-state index contributed by atoms with van der Waals surface area (Å²) in [6, 6.07) is 0. The molecule has 0 radical (unpaired) electrons. The van der Waals surface area contributed by atoms with Crippen molar-refractivity contribution in [2.75, 3.05) is 0 Å². The third-order valence-corrected chi connectivity index (χ3v) is 4.39. The van der Waals surface area contributed by atoms with Gasteiger partial charge in [-0.3, -0.25) is 4.79 Å². The van der Waals surface area contributed by atoms with Crippen LogP contribution in [0.2, 0.25) is 0 Å². The SMILES string of the molecule is CCC(C)C(C)C(=O)NC1(C(=O)O)CCCCC1. The highest BCUT2D eigenvalue weighted by atomic mass is 16.4. The lowest BCUT2D eigenvalue weighted by atomic mass is 9.80. The highest BCUT2D eigenvalue weighted by Crippen LogP contribution is 2.29. The van der Waals surface area contributed by atoms with E-state index in [9.17, 15) is 14.7 Å². The number of amides is 1. The highest BCUT2D eigenvalue weighted by molar-refractivity contribution is 5.88. The number of aliphatic carboxylic acids is 1. The van der Waals surface area contributed by atoms with Gasteiger partial charge in [0.05, 0.1) is 0 Å². The minimum atomic E-state index is -1.02. The van der Waals surface area contributed by atoms with Gasteiger partial charge in [0, 0.05) is 5.92 Å². The molecule has 0 bridgehead atoms. The van der Waals surface area contributed by atoms with Crippen LogP contribution in [0.3, 0.4) is 0 Å². The summed E-state index contributed by atoms with van der Waals surface area (Å²) in [5.41, 5.74) is -1.02. The summed E-state index contributed by atoms with van der Waals surface area (Å²) in [7, 11) is 0. The number of nitrogens with one attached hydrogen (secondary N) is 1. The van der Waals surface area contributed by atoms with E-state index in [1.165, 1.54) is 0 Å². The van der Waals surface area contributed by atoms with Crippen LogP contribution in [-0.2, 0) is 9.59 Å². The van der Waals surface area contributed by atoms with Gasteiger partial charge in [0.15, 0.2) is 0 Å². The molecule has 0 heterocycles. The summed E-state index contributed by atoms with van der Waals surface area (Å²) < 4.78 is 0. The number of hydrogen-bond donors (Lipinski definition) is 2. The molecule has 1 rings (SSSR count). The Morgan fingerprint density at radius 2 is 1.78 bits per heavy atom. The third kappa shape index (κ3) is 3.24. The van der Waals surface area contributed by atoms with Gasteiger partial charge < -0.3 is 10.4 Å². The lowest BCUT2D eigenvalue weighted by molar-refractivity contribution is -0.150. The number of hydrogen-bond acceptors (Lipinski definition) is 2. The van der Waals surface area contributed by atoms with E-state index in [2.05, 4.69) is 5.32 Å². The van der Waals surface area contributed by atoms with E-state index < -0.39 is 11.5 Å². The smallest absolute Gasteiger partial charge is 0.329 e. The van der Waals surface area contributed by atoms with Gasteiger partial charge in [-0.15, -0.1) is 0 Å². The zero-order valence-electron chi connectivity index (χ0n) is 11.7. The Labute approximate surface area is 109 Å². The zero-order chi connectivity index (χ0) is 13.8. The average Bonchev–Trinajstić information content (AvgIpc) is 2.37. The standard InChI is InChI=1S/C14H25NO3/c1-4-10(2)11(3)12(16)15-14(13(17)18)8-6-5-7-9-14/h10-11H,4-9H2,1-3H3,(H,15,16)(H,17,18). The van der Waals surface area contributed by atoms with Crippen LogP contribution in [0.15, 0.2) is 0 Å². The molecule has 1 saturated carbocycles. The molecule has 0 saturated heterocycles. The van der Waals surface area contributed by atoms with E-state index >= 15 is 0 Å². The van der Waals surface area contributed by atoms with Crippen molar-refractivity contribution in [3.8, 4) is 0 Å². The summed E-state index contributed by atoms with van der Waals surface area (Å²) in [6.07, 6.45) is 4.86. The van der Waals surface area contributed by atoms with Crippen LogP contribution in [-0.4, -0.2) is 22.5 Å². The Morgan fingerprint density at radius 1 is 1.22 bits per heavy atom. The molecule has 1 fully saturated rings. The summed E-state index contributed by atoms with van der Waals surface area (Å²) in [5, 5.41) is 12.2. The maximum atomic E-state index is 12.1. The van der Waals surface area contributed by atoms with Crippen molar-refractivity contribution in [2.45, 2.75) is 64.8 Å². The van der Waals surface area contributed by atoms with Crippen molar-refractivity contribution in [3.63, 3.8) is 0 Å². The number of carboxylic acid groups (broad SMARTS) is 1. The molecule has 0 aromatic heterocycles. The first-order valence-electron chi connectivity index (χ1n) is 6.98. The van der Waals surface area contributed by atoms with Crippen LogP contribution in [0.25, 0.3) is 0 Å². The Bertz CT molecular complexity index is 308. The van der Waals surface area contributed by atoms with Crippen LogP contribution in [0.1, 0.15) is 59.3 Å². The van der Waals surface area contributed by atoms with E-state index in [0.29, 0.717) is 12.8 Å². The van der Waals surface area contributed by atoms with Gasteiger partial charge in [-0.2, -0.15) is 0 Å². The maximum Gasteiger partial charge on any atom is 0.329 e. The van der Waals surface area contributed by atoms with Crippen molar-refractivity contribution >= 4 is 11.9 Å². The number of rotatable bonds is 5. The van der Waals surface area contributed by atoms with E-state index in [-0.39, 0.29) is 17.7 Å². The molecule has 2 unspecified atom stereocenters. The van der Waals surface area contributed by atoms with Crippen molar-refractivity contribution in [1.29, 1.82) is 0 Å². The molecular weight excluding hydrogens is 230 g/mol. The predicted molar refractivity (Wildman–Crippen MR) is 70.2 cm³/mol. The summed E-state index contributed by atoms with van der Waals surface area (Å²) in [4.78, 5) is 23.6. The maximum absolute atomic E-state index is 12.1. The topological polar surface area (TPSA) is 66.4 Å². The fourth-order valence-corrected chi connectivity index (χ4v) is 2.51. The monoisotopic (exact) mass is 255 g/mol. The van der Waals surface area contributed by atoms with Gasteiger partial charge in [-0.1, -0.05) is 46.5 Å². The number of carbonyl (C=O) groups excluding carboxylic acids is 1. The van der Waals surface area contributed by atoms with Gasteiger partial charge in [0.25, 0.3) is 0 Å². The predicted octanol–water partition coefficient (Wildman–Crippen LogP) is 2.57. The second-order valence-corrected chi connectivity index (χ2v) is 5.61. The molecular formula is C14H25NO3. The first-order chi connectivity index (χ1) is 8.43. The van der Waals surface area contributed by atoms with E-state index in [1.807, 2.05) is 20.8 Å². The molecule has 18 heavy (non-hydrogen) atoms. The first kappa shape index (κ1) is 15.0. The molecule has 1 aliphatic rings. The van der Waals surface area contributed by atoms with Crippen LogP contribution in [0.4, 0.5) is 0 Å². The average molecular weight is 255 g/mol. The fourth-order valence-electron chi connectivity index (χ4n) is 2.51. The first-order valence-corrected chi connectivity index (χ1v) is 6.98. The molecule has 4 nitrogen and oxygen atoms in total. The lowest BCUT2D eigenvalue weighted by Crippen LogP contribution is -2.57.